The highest BCUT2D eigenvalue weighted by molar-refractivity contribution is 6.05. The number of para-hydroxylation sites is 1. The maximum atomic E-state index is 12.2. The Labute approximate surface area is 120 Å². The minimum absolute atomic E-state index is 0.0551. The molecule has 0 aliphatic carbocycles. The Morgan fingerprint density at radius 1 is 1.25 bits per heavy atom. The van der Waals surface area contributed by atoms with Gasteiger partial charge in [-0.25, -0.2) is 0 Å². The van der Waals surface area contributed by atoms with Gasteiger partial charge in [0.25, 0.3) is 0 Å². The van der Waals surface area contributed by atoms with Crippen molar-refractivity contribution in [2.75, 3.05) is 18.0 Å². The third kappa shape index (κ3) is 3.59. The van der Waals surface area contributed by atoms with Crippen LogP contribution in [-0.2, 0) is 16.0 Å². The van der Waals surface area contributed by atoms with E-state index in [-0.39, 0.29) is 18.2 Å². The van der Waals surface area contributed by atoms with Crippen LogP contribution in [0.15, 0.2) is 24.3 Å². The first kappa shape index (κ1) is 14.6. The van der Waals surface area contributed by atoms with Crippen LogP contribution in [-0.4, -0.2) is 24.9 Å². The lowest BCUT2D eigenvalue weighted by Gasteiger charge is -2.17. The molecule has 4 heteroatoms. The summed E-state index contributed by atoms with van der Waals surface area (Å²) in [6, 6.07) is 7.88. The molecule has 0 saturated carbocycles. The lowest BCUT2D eigenvalue weighted by molar-refractivity contribution is -0.127. The fraction of sp³-hybridized carbons (Fsp3) is 0.500. The van der Waals surface area contributed by atoms with Crippen molar-refractivity contribution < 1.29 is 9.59 Å². The summed E-state index contributed by atoms with van der Waals surface area (Å²) in [6.45, 7) is 3.47. The van der Waals surface area contributed by atoms with Gasteiger partial charge in [0.15, 0.2) is 0 Å². The molecule has 1 aliphatic rings. The first-order valence-electron chi connectivity index (χ1n) is 7.37. The monoisotopic (exact) mass is 274 g/mol. The van der Waals surface area contributed by atoms with E-state index in [1.807, 2.05) is 24.3 Å². The molecule has 0 spiro atoms. The third-order valence-corrected chi connectivity index (χ3v) is 3.60. The summed E-state index contributed by atoms with van der Waals surface area (Å²) >= 11 is 0. The summed E-state index contributed by atoms with van der Waals surface area (Å²) in [5, 5.41) is 2.81. The molecular weight excluding hydrogens is 252 g/mol. The molecule has 0 aromatic heterocycles. The second-order valence-electron chi connectivity index (χ2n) is 5.16. The maximum Gasteiger partial charge on any atom is 0.236 e. The minimum Gasteiger partial charge on any atom is -0.356 e. The Morgan fingerprint density at radius 3 is 2.85 bits per heavy atom. The van der Waals surface area contributed by atoms with Crippen molar-refractivity contribution in [3.63, 3.8) is 0 Å². The predicted molar refractivity (Wildman–Crippen MR) is 79.7 cm³/mol. The van der Waals surface area contributed by atoms with Gasteiger partial charge in [-0.3, -0.25) is 9.59 Å². The van der Waals surface area contributed by atoms with E-state index >= 15 is 0 Å². The van der Waals surface area contributed by atoms with Crippen molar-refractivity contribution in [3.05, 3.63) is 29.8 Å². The highest BCUT2D eigenvalue weighted by Crippen LogP contribution is 2.27. The van der Waals surface area contributed by atoms with Crippen LogP contribution in [0.2, 0.25) is 0 Å². The van der Waals surface area contributed by atoms with Crippen LogP contribution >= 0.6 is 0 Å². The lowest BCUT2D eigenvalue weighted by Crippen LogP contribution is -2.35. The molecule has 0 atom stereocenters. The van der Waals surface area contributed by atoms with E-state index in [9.17, 15) is 9.59 Å². The van der Waals surface area contributed by atoms with Crippen LogP contribution in [0.5, 0.6) is 0 Å². The summed E-state index contributed by atoms with van der Waals surface area (Å²) in [6.07, 6.45) is 4.02. The number of fused-ring (bicyclic) bond motifs is 1. The van der Waals surface area contributed by atoms with Crippen LogP contribution in [0.4, 0.5) is 5.69 Å². The van der Waals surface area contributed by atoms with Crippen molar-refractivity contribution in [3.8, 4) is 0 Å². The summed E-state index contributed by atoms with van der Waals surface area (Å²) < 4.78 is 0. The average molecular weight is 274 g/mol. The molecule has 0 fully saturated rings. The first-order valence-corrected chi connectivity index (χ1v) is 7.37. The number of nitrogens with zero attached hydrogens (tertiary/aromatic N) is 1. The average Bonchev–Trinajstić information content (AvgIpc) is 2.87. The fourth-order valence-corrected chi connectivity index (χ4v) is 2.50. The molecule has 0 saturated heterocycles. The van der Waals surface area contributed by atoms with Gasteiger partial charge in [-0.05, 0) is 24.5 Å². The SMILES string of the molecule is CCCCCNC(=O)CC(=O)N1CCc2ccccc21. The third-order valence-electron chi connectivity index (χ3n) is 3.60. The smallest absolute Gasteiger partial charge is 0.236 e. The fourth-order valence-electron chi connectivity index (χ4n) is 2.50. The van der Waals surface area contributed by atoms with Crippen LogP contribution < -0.4 is 10.2 Å². The van der Waals surface area contributed by atoms with Gasteiger partial charge in [0.2, 0.25) is 11.8 Å². The van der Waals surface area contributed by atoms with E-state index in [0.717, 1.165) is 31.4 Å². The van der Waals surface area contributed by atoms with Crippen molar-refractivity contribution in [1.29, 1.82) is 0 Å². The van der Waals surface area contributed by atoms with E-state index in [0.29, 0.717) is 13.1 Å². The van der Waals surface area contributed by atoms with Gasteiger partial charge in [0, 0.05) is 18.8 Å². The molecule has 1 N–H and O–H groups in total. The molecule has 0 unspecified atom stereocenters. The highest BCUT2D eigenvalue weighted by Gasteiger charge is 2.25. The summed E-state index contributed by atoms with van der Waals surface area (Å²) in [7, 11) is 0. The molecule has 0 bridgehead atoms. The van der Waals surface area contributed by atoms with Crippen molar-refractivity contribution in [2.24, 2.45) is 0 Å². The molecule has 1 aliphatic heterocycles. The topological polar surface area (TPSA) is 49.4 Å². The number of carbonyl (C=O) groups is 2. The molecule has 1 aromatic rings. The van der Waals surface area contributed by atoms with Crippen LogP contribution in [0.1, 0.15) is 38.2 Å². The van der Waals surface area contributed by atoms with Crippen LogP contribution in [0, 0.1) is 0 Å². The molecule has 0 radical (unpaired) electrons. The molecule has 20 heavy (non-hydrogen) atoms. The molecule has 4 nitrogen and oxygen atoms in total. The number of hydrogen-bond donors (Lipinski definition) is 1. The Hall–Kier alpha value is -1.84. The van der Waals surface area contributed by atoms with Gasteiger partial charge in [-0.1, -0.05) is 38.0 Å². The molecule has 2 rings (SSSR count). The molecule has 1 aromatic carbocycles. The molecule has 1 heterocycles. The maximum absolute atomic E-state index is 12.2. The zero-order valence-corrected chi connectivity index (χ0v) is 12.0. The van der Waals surface area contributed by atoms with E-state index in [1.165, 1.54) is 5.56 Å². The van der Waals surface area contributed by atoms with E-state index in [1.54, 1.807) is 4.90 Å². The van der Waals surface area contributed by atoms with Gasteiger partial charge in [-0.2, -0.15) is 0 Å². The van der Waals surface area contributed by atoms with Gasteiger partial charge in [-0.15, -0.1) is 0 Å². The Bertz CT molecular complexity index is 485. The van der Waals surface area contributed by atoms with Gasteiger partial charge in [0.05, 0.1) is 0 Å². The second kappa shape index (κ2) is 7.08. The van der Waals surface area contributed by atoms with Gasteiger partial charge >= 0.3 is 0 Å². The van der Waals surface area contributed by atoms with Crippen molar-refractivity contribution in [2.45, 2.75) is 39.0 Å². The quantitative estimate of drug-likeness (QED) is 0.639. The van der Waals surface area contributed by atoms with Crippen LogP contribution in [0.3, 0.4) is 0 Å². The standard InChI is InChI=1S/C16H22N2O2/c1-2-3-6-10-17-15(19)12-16(20)18-11-9-13-7-4-5-8-14(13)18/h4-5,7-8H,2-3,6,9-12H2,1H3,(H,17,19). The second-order valence-corrected chi connectivity index (χ2v) is 5.16. The van der Waals surface area contributed by atoms with Crippen molar-refractivity contribution >= 4 is 17.5 Å². The number of carbonyl (C=O) groups excluding carboxylic acids is 2. The molecular formula is C16H22N2O2. The minimum atomic E-state index is -0.171. The Kier molecular flexibility index (Phi) is 5.16. The normalized spacial score (nSPS) is 13.2. The number of rotatable bonds is 6. The molecule has 2 amide bonds. The summed E-state index contributed by atoms with van der Waals surface area (Å²) in [5.41, 5.74) is 2.14. The first-order chi connectivity index (χ1) is 9.72. The lowest BCUT2D eigenvalue weighted by atomic mass is 10.2. The Morgan fingerprint density at radius 2 is 2.05 bits per heavy atom. The van der Waals surface area contributed by atoms with Gasteiger partial charge < -0.3 is 10.2 Å². The number of benzene rings is 1. The van der Waals surface area contributed by atoms with E-state index in [4.69, 9.17) is 0 Å². The summed E-state index contributed by atoms with van der Waals surface area (Å²) in [4.78, 5) is 25.6. The number of amides is 2. The zero-order chi connectivity index (χ0) is 14.4. The number of anilines is 1. The number of nitrogens with one attached hydrogen (secondary N) is 1. The zero-order valence-electron chi connectivity index (χ0n) is 12.0. The van der Waals surface area contributed by atoms with E-state index < -0.39 is 0 Å². The largest absolute Gasteiger partial charge is 0.356 e. The highest BCUT2D eigenvalue weighted by atomic mass is 16.2. The molecule has 108 valence electrons. The van der Waals surface area contributed by atoms with Crippen LogP contribution in [0.25, 0.3) is 0 Å². The number of hydrogen-bond acceptors (Lipinski definition) is 2. The van der Waals surface area contributed by atoms with Gasteiger partial charge in [0.1, 0.15) is 6.42 Å². The van der Waals surface area contributed by atoms with E-state index in [2.05, 4.69) is 12.2 Å². The summed E-state index contributed by atoms with van der Waals surface area (Å²) in [5.74, 6) is -0.279. The van der Waals surface area contributed by atoms with Crippen molar-refractivity contribution in [1.82, 2.24) is 5.32 Å². The Balaban J connectivity index is 1.82. The number of unbranched alkanes of at least 4 members (excludes halogenated alkanes) is 2. The predicted octanol–water partition coefficient (Wildman–Crippen LogP) is 2.27.